The monoisotopic (exact) mass is 280 g/mol. The zero-order valence-corrected chi connectivity index (χ0v) is 10.1. The molecule has 0 atom stereocenters. The van der Waals surface area contributed by atoms with Crippen LogP contribution < -0.4 is 10.2 Å². The first kappa shape index (κ1) is 10.9. The fraction of sp³-hybridized carbons (Fsp3) is 0.0909. The maximum atomic E-state index is 11.2. The zero-order valence-electron chi connectivity index (χ0n) is 8.55. The lowest BCUT2D eigenvalue weighted by Gasteiger charge is -2.10. The van der Waals surface area contributed by atoms with Crippen LogP contribution in [0.5, 0.6) is 5.88 Å². The zero-order chi connectivity index (χ0) is 11.5. The molecule has 2 aromatic heterocycles. The van der Waals surface area contributed by atoms with E-state index in [0.29, 0.717) is 11.7 Å². The molecule has 0 fully saturated rings. The van der Waals surface area contributed by atoms with Gasteiger partial charge in [-0.1, -0.05) is 0 Å². The summed E-state index contributed by atoms with van der Waals surface area (Å²) >= 11 is 3.31. The Kier molecular flexibility index (Phi) is 3.05. The van der Waals surface area contributed by atoms with Crippen LogP contribution in [0, 0.1) is 0 Å². The van der Waals surface area contributed by atoms with Gasteiger partial charge in [-0.2, -0.15) is 0 Å². The predicted molar refractivity (Wildman–Crippen MR) is 64.1 cm³/mol. The van der Waals surface area contributed by atoms with Gasteiger partial charge in [-0.3, -0.25) is 9.36 Å². The van der Waals surface area contributed by atoms with Gasteiger partial charge in [0.05, 0.1) is 7.11 Å². The van der Waals surface area contributed by atoms with E-state index in [4.69, 9.17) is 4.74 Å². The molecule has 2 aromatic rings. The van der Waals surface area contributed by atoms with Gasteiger partial charge < -0.3 is 4.74 Å². The third-order valence-electron chi connectivity index (χ3n) is 2.06. The number of hydrogen-bond acceptors (Lipinski definition) is 3. The molecule has 0 spiro atoms. The highest BCUT2D eigenvalue weighted by atomic mass is 79.9. The van der Waals surface area contributed by atoms with Crippen molar-refractivity contribution in [3.8, 4) is 11.7 Å². The summed E-state index contributed by atoms with van der Waals surface area (Å²) in [5, 5.41) is 0. The molecule has 0 aliphatic heterocycles. The number of halogens is 1. The standard InChI is InChI=1S/C11H9BrN2O2/c1-16-11-6-9(15)4-5-14(11)10-3-2-8(12)7-13-10/h2-7H,1H3. The minimum Gasteiger partial charge on any atom is -0.482 e. The van der Waals surface area contributed by atoms with Gasteiger partial charge in [-0.15, -0.1) is 0 Å². The van der Waals surface area contributed by atoms with E-state index in [2.05, 4.69) is 20.9 Å². The highest BCUT2D eigenvalue weighted by Crippen LogP contribution is 2.15. The summed E-state index contributed by atoms with van der Waals surface area (Å²) in [6.07, 6.45) is 3.32. The highest BCUT2D eigenvalue weighted by molar-refractivity contribution is 9.10. The van der Waals surface area contributed by atoms with Crippen molar-refractivity contribution in [1.29, 1.82) is 0 Å². The fourth-order valence-corrected chi connectivity index (χ4v) is 1.55. The molecule has 0 aliphatic rings. The second kappa shape index (κ2) is 4.49. The van der Waals surface area contributed by atoms with Crippen molar-refractivity contribution in [1.82, 2.24) is 9.55 Å². The Labute approximate surface area is 101 Å². The van der Waals surface area contributed by atoms with E-state index in [1.54, 1.807) is 17.0 Å². The van der Waals surface area contributed by atoms with Crippen molar-refractivity contribution in [3.63, 3.8) is 0 Å². The van der Waals surface area contributed by atoms with Gasteiger partial charge in [0.25, 0.3) is 0 Å². The maximum absolute atomic E-state index is 11.2. The van der Waals surface area contributed by atoms with E-state index in [0.717, 1.165) is 4.47 Å². The summed E-state index contributed by atoms with van der Waals surface area (Å²) < 4.78 is 7.72. The van der Waals surface area contributed by atoms with Crippen LogP contribution in [-0.2, 0) is 0 Å². The van der Waals surface area contributed by atoms with Crippen LogP contribution in [0.4, 0.5) is 0 Å². The lowest BCUT2D eigenvalue weighted by molar-refractivity contribution is 0.385. The molecule has 16 heavy (non-hydrogen) atoms. The summed E-state index contributed by atoms with van der Waals surface area (Å²) in [4.78, 5) is 15.4. The second-order valence-electron chi connectivity index (χ2n) is 3.11. The van der Waals surface area contributed by atoms with E-state index < -0.39 is 0 Å². The number of methoxy groups -OCH3 is 1. The number of rotatable bonds is 2. The lowest BCUT2D eigenvalue weighted by atomic mass is 10.4. The molecule has 2 heterocycles. The summed E-state index contributed by atoms with van der Waals surface area (Å²) in [6.45, 7) is 0. The van der Waals surface area contributed by atoms with Crippen molar-refractivity contribution < 1.29 is 4.74 Å². The number of nitrogens with zero attached hydrogens (tertiary/aromatic N) is 2. The Balaban J connectivity index is 2.55. The van der Waals surface area contributed by atoms with Crippen LogP contribution in [0.2, 0.25) is 0 Å². The molecule has 0 aliphatic carbocycles. The number of aromatic nitrogens is 2. The SMILES string of the molecule is COc1cc(=O)ccn1-c1ccc(Br)cn1. The maximum Gasteiger partial charge on any atom is 0.202 e. The van der Waals surface area contributed by atoms with Crippen molar-refractivity contribution in [2.24, 2.45) is 0 Å². The molecule has 2 rings (SSSR count). The molecular formula is C11H9BrN2O2. The summed E-state index contributed by atoms with van der Waals surface area (Å²) in [5.74, 6) is 1.15. The largest absolute Gasteiger partial charge is 0.482 e. The quantitative estimate of drug-likeness (QED) is 0.845. The highest BCUT2D eigenvalue weighted by Gasteiger charge is 2.03. The lowest BCUT2D eigenvalue weighted by Crippen LogP contribution is -2.08. The summed E-state index contributed by atoms with van der Waals surface area (Å²) in [6, 6.07) is 6.59. The van der Waals surface area contributed by atoms with Crippen LogP contribution in [0.3, 0.4) is 0 Å². The summed E-state index contributed by atoms with van der Waals surface area (Å²) in [7, 11) is 1.52. The molecule has 0 amide bonds. The average molecular weight is 281 g/mol. The Morgan fingerprint density at radius 1 is 1.38 bits per heavy atom. The number of ether oxygens (including phenoxy) is 1. The third kappa shape index (κ3) is 2.14. The van der Waals surface area contributed by atoms with Crippen LogP contribution in [0.1, 0.15) is 0 Å². The van der Waals surface area contributed by atoms with Gasteiger partial charge in [0.1, 0.15) is 5.82 Å². The van der Waals surface area contributed by atoms with Crippen molar-refractivity contribution in [2.45, 2.75) is 0 Å². The van der Waals surface area contributed by atoms with Crippen molar-refractivity contribution in [2.75, 3.05) is 7.11 Å². The Morgan fingerprint density at radius 2 is 2.19 bits per heavy atom. The van der Waals surface area contributed by atoms with Gasteiger partial charge in [-0.05, 0) is 28.1 Å². The van der Waals surface area contributed by atoms with Gasteiger partial charge in [-0.25, -0.2) is 4.98 Å². The van der Waals surface area contributed by atoms with Gasteiger partial charge in [0, 0.05) is 29.0 Å². The molecular weight excluding hydrogens is 272 g/mol. The van der Waals surface area contributed by atoms with E-state index >= 15 is 0 Å². The molecule has 0 N–H and O–H groups in total. The first-order chi connectivity index (χ1) is 7.70. The van der Waals surface area contributed by atoms with E-state index in [1.165, 1.54) is 19.2 Å². The minimum absolute atomic E-state index is 0.0924. The molecule has 0 saturated heterocycles. The normalized spacial score (nSPS) is 10.1. The van der Waals surface area contributed by atoms with Crippen LogP contribution in [-0.4, -0.2) is 16.7 Å². The van der Waals surface area contributed by atoms with E-state index in [9.17, 15) is 4.79 Å². The van der Waals surface area contributed by atoms with E-state index in [-0.39, 0.29) is 5.43 Å². The molecule has 4 nitrogen and oxygen atoms in total. The number of hydrogen-bond donors (Lipinski definition) is 0. The van der Waals surface area contributed by atoms with Crippen LogP contribution in [0.15, 0.2) is 45.9 Å². The fourth-order valence-electron chi connectivity index (χ4n) is 1.32. The molecule has 82 valence electrons. The first-order valence-electron chi connectivity index (χ1n) is 4.59. The van der Waals surface area contributed by atoms with Crippen molar-refractivity contribution >= 4 is 15.9 Å². The van der Waals surface area contributed by atoms with Crippen LogP contribution >= 0.6 is 15.9 Å². The van der Waals surface area contributed by atoms with Gasteiger partial charge in [0.2, 0.25) is 5.88 Å². The molecule has 0 aromatic carbocycles. The second-order valence-corrected chi connectivity index (χ2v) is 4.03. The smallest absolute Gasteiger partial charge is 0.202 e. The topological polar surface area (TPSA) is 44.1 Å². The van der Waals surface area contributed by atoms with Crippen molar-refractivity contribution in [3.05, 3.63) is 51.4 Å². The summed E-state index contributed by atoms with van der Waals surface area (Å²) in [5.41, 5.74) is -0.0924. The van der Waals surface area contributed by atoms with Gasteiger partial charge in [0.15, 0.2) is 5.43 Å². The van der Waals surface area contributed by atoms with Gasteiger partial charge >= 0.3 is 0 Å². The molecule has 0 bridgehead atoms. The Morgan fingerprint density at radius 3 is 2.81 bits per heavy atom. The predicted octanol–water partition coefficient (Wildman–Crippen LogP) is 2.00. The van der Waals surface area contributed by atoms with Crippen LogP contribution in [0.25, 0.3) is 5.82 Å². The Bertz CT molecular complexity index is 549. The third-order valence-corrected chi connectivity index (χ3v) is 2.53. The van der Waals surface area contributed by atoms with E-state index in [1.807, 2.05) is 12.1 Å². The molecule has 5 heteroatoms. The molecule has 0 unspecified atom stereocenters. The first-order valence-corrected chi connectivity index (χ1v) is 5.38. The molecule has 0 saturated carbocycles. The number of pyridine rings is 2. The Hall–Kier alpha value is -1.62. The molecule has 0 radical (unpaired) electrons. The average Bonchev–Trinajstić information content (AvgIpc) is 2.30. The minimum atomic E-state index is -0.0924.